The Hall–Kier alpha value is -1.73. The van der Waals surface area contributed by atoms with Crippen LogP contribution in [0.3, 0.4) is 0 Å². The molecule has 0 aliphatic carbocycles. The van der Waals surface area contributed by atoms with Crippen molar-refractivity contribution >= 4 is 21.9 Å². The first kappa shape index (κ1) is 11.3. The van der Waals surface area contributed by atoms with Crippen LogP contribution in [0, 0.1) is 10.1 Å². The molecule has 0 aromatic heterocycles. The second kappa shape index (κ2) is 3.79. The van der Waals surface area contributed by atoms with Gasteiger partial charge in [-0.25, -0.2) is 0 Å². The van der Waals surface area contributed by atoms with Crippen molar-refractivity contribution in [1.82, 2.24) is 0 Å². The van der Waals surface area contributed by atoms with Gasteiger partial charge in [-0.2, -0.15) is 8.42 Å². The molecule has 15 heavy (non-hydrogen) atoms. The Morgan fingerprint density at radius 3 is 2.47 bits per heavy atom. The summed E-state index contributed by atoms with van der Waals surface area (Å²) in [7, 11) is -4.48. The van der Waals surface area contributed by atoms with Gasteiger partial charge in [0.25, 0.3) is 15.8 Å². The lowest BCUT2D eigenvalue weighted by molar-refractivity contribution is -0.385. The minimum absolute atomic E-state index is 0.114. The van der Waals surface area contributed by atoms with Crippen LogP contribution in [-0.2, 0) is 10.1 Å². The Bertz CT molecular complexity index is 520. The van der Waals surface area contributed by atoms with E-state index >= 15 is 0 Å². The number of benzene rings is 1. The van der Waals surface area contributed by atoms with Crippen LogP contribution in [-0.4, -0.2) is 17.9 Å². The highest BCUT2D eigenvalue weighted by Gasteiger charge is 2.18. The van der Waals surface area contributed by atoms with Gasteiger partial charge in [0, 0.05) is 12.1 Å². The van der Waals surface area contributed by atoms with Crippen LogP contribution in [0.4, 0.5) is 5.69 Å². The first-order valence-corrected chi connectivity index (χ1v) is 5.18. The number of hydrogen-bond acceptors (Lipinski definition) is 4. The molecule has 0 saturated carbocycles. The maximum Gasteiger partial charge on any atom is 0.295 e. The maximum absolute atomic E-state index is 10.9. The van der Waals surface area contributed by atoms with E-state index in [2.05, 4.69) is 6.58 Å². The standard InChI is InChI=1S/C8H7NO5S/c1-2-6-3-4-7(9(10)11)5-8(6)15(12,13)14/h2-5H,1H2,(H,12,13,14). The van der Waals surface area contributed by atoms with Gasteiger partial charge in [-0.3, -0.25) is 14.7 Å². The average molecular weight is 229 g/mol. The number of non-ortho nitro benzene ring substituents is 1. The highest BCUT2D eigenvalue weighted by molar-refractivity contribution is 7.86. The maximum atomic E-state index is 10.9. The van der Waals surface area contributed by atoms with Crippen LogP contribution in [0.25, 0.3) is 6.08 Å². The zero-order valence-electron chi connectivity index (χ0n) is 7.45. The van der Waals surface area contributed by atoms with Crippen molar-refractivity contribution in [2.45, 2.75) is 4.90 Å². The summed E-state index contributed by atoms with van der Waals surface area (Å²) in [6, 6.07) is 3.12. The fourth-order valence-corrected chi connectivity index (χ4v) is 1.75. The Balaban J connectivity index is 3.52. The van der Waals surface area contributed by atoms with Crippen molar-refractivity contribution in [1.29, 1.82) is 0 Å². The van der Waals surface area contributed by atoms with Gasteiger partial charge in [-0.15, -0.1) is 0 Å². The molecule has 0 atom stereocenters. The summed E-state index contributed by atoms with van der Waals surface area (Å²) >= 11 is 0. The molecule has 0 unspecified atom stereocenters. The van der Waals surface area contributed by atoms with Gasteiger partial charge in [-0.1, -0.05) is 12.7 Å². The normalized spacial score (nSPS) is 11.0. The molecule has 0 amide bonds. The molecule has 1 N–H and O–H groups in total. The number of nitro groups is 1. The van der Waals surface area contributed by atoms with Crippen molar-refractivity contribution in [2.24, 2.45) is 0 Å². The van der Waals surface area contributed by atoms with E-state index in [0.29, 0.717) is 0 Å². The van der Waals surface area contributed by atoms with Gasteiger partial charge in [0.2, 0.25) is 0 Å². The van der Waals surface area contributed by atoms with Crippen molar-refractivity contribution < 1.29 is 17.9 Å². The molecule has 0 spiro atoms. The molecule has 1 rings (SSSR count). The molecule has 0 saturated heterocycles. The molecule has 0 fully saturated rings. The van der Waals surface area contributed by atoms with Crippen LogP contribution >= 0.6 is 0 Å². The lowest BCUT2D eigenvalue weighted by atomic mass is 10.2. The van der Waals surface area contributed by atoms with E-state index < -0.39 is 25.6 Å². The quantitative estimate of drug-likeness (QED) is 0.481. The Morgan fingerprint density at radius 1 is 1.47 bits per heavy atom. The second-order valence-electron chi connectivity index (χ2n) is 2.66. The van der Waals surface area contributed by atoms with Crippen molar-refractivity contribution in [2.75, 3.05) is 0 Å². The smallest absolute Gasteiger partial charge is 0.282 e. The van der Waals surface area contributed by atoms with E-state index in [4.69, 9.17) is 4.55 Å². The van der Waals surface area contributed by atoms with Crippen molar-refractivity contribution in [3.63, 3.8) is 0 Å². The van der Waals surface area contributed by atoms with Crippen LogP contribution in [0.2, 0.25) is 0 Å². The molecule has 0 bridgehead atoms. The molecule has 0 aliphatic heterocycles. The summed E-state index contributed by atoms with van der Waals surface area (Å²) in [4.78, 5) is 9.11. The van der Waals surface area contributed by atoms with Crippen molar-refractivity contribution in [3.8, 4) is 0 Å². The minimum Gasteiger partial charge on any atom is -0.282 e. The third-order valence-corrected chi connectivity index (χ3v) is 2.62. The number of nitro benzene ring substituents is 1. The third kappa shape index (κ3) is 2.39. The van der Waals surface area contributed by atoms with E-state index in [9.17, 15) is 18.5 Å². The molecular weight excluding hydrogens is 222 g/mol. The summed E-state index contributed by atoms with van der Waals surface area (Å²) < 4.78 is 30.6. The van der Waals surface area contributed by atoms with Gasteiger partial charge in [0.15, 0.2) is 0 Å². The summed E-state index contributed by atoms with van der Waals surface area (Å²) in [5.41, 5.74) is -0.295. The predicted molar refractivity (Wildman–Crippen MR) is 53.0 cm³/mol. The van der Waals surface area contributed by atoms with E-state index in [1.54, 1.807) is 0 Å². The fraction of sp³-hybridized carbons (Fsp3) is 0. The fourth-order valence-electron chi connectivity index (χ4n) is 1.03. The topological polar surface area (TPSA) is 97.5 Å². The average Bonchev–Trinajstić information content (AvgIpc) is 2.15. The number of nitrogens with zero attached hydrogens (tertiary/aromatic N) is 1. The lowest BCUT2D eigenvalue weighted by Gasteiger charge is -2.01. The van der Waals surface area contributed by atoms with E-state index in [-0.39, 0.29) is 5.56 Å². The van der Waals surface area contributed by atoms with Gasteiger partial charge >= 0.3 is 0 Å². The zero-order chi connectivity index (χ0) is 11.6. The van der Waals surface area contributed by atoms with E-state index in [1.165, 1.54) is 12.1 Å². The molecule has 1 aromatic rings. The monoisotopic (exact) mass is 229 g/mol. The summed E-state index contributed by atoms with van der Waals surface area (Å²) in [5, 5.41) is 10.4. The van der Waals surface area contributed by atoms with Crippen LogP contribution in [0.15, 0.2) is 29.7 Å². The molecule has 7 heteroatoms. The molecule has 80 valence electrons. The number of rotatable bonds is 3. The van der Waals surface area contributed by atoms with Gasteiger partial charge < -0.3 is 0 Å². The van der Waals surface area contributed by atoms with Gasteiger partial charge in [-0.05, 0) is 11.6 Å². The molecule has 0 aliphatic rings. The summed E-state index contributed by atoms with van der Waals surface area (Å²) in [5.74, 6) is 0. The minimum atomic E-state index is -4.48. The summed E-state index contributed by atoms with van der Waals surface area (Å²) in [6.45, 7) is 3.33. The van der Waals surface area contributed by atoms with Crippen molar-refractivity contribution in [3.05, 3.63) is 40.5 Å². The Kier molecular flexibility index (Phi) is 2.87. The van der Waals surface area contributed by atoms with Gasteiger partial charge in [0.1, 0.15) is 4.90 Å². The lowest BCUT2D eigenvalue weighted by Crippen LogP contribution is -2.02. The van der Waals surface area contributed by atoms with Crippen LogP contribution < -0.4 is 0 Å². The third-order valence-electron chi connectivity index (χ3n) is 1.71. The summed E-state index contributed by atoms with van der Waals surface area (Å²) in [6.07, 6.45) is 1.19. The van der Waals surface area contributed by atoms with Crippen LogP contribution in [0.5, 0.6) is 0 Å². The Morgan fingerprint density at radius 2 is 2.07 bits per heavy atom. The highest BCUT2D eigenvalue weighted by atomic mass is 32.2. The molecule has 0 radical (unpaired) electrons. The molecular formula is C8H7NO5S. The Labute approximate surface area is 85.8 Å². The predicted octanol–water partition coefficient (Wildman–Crippen LogP) is 1.48. The molecule has 1 aromatic carbocycles. The second-order valence-corrected chi connectivity index (χ2v) is 4.05. The van der Waals surface area contributed by atoms with E-state index in [0.717, 1.165) is 12.1 Å². The number of hydrogen-bond donors (Lipinski definition) is 1. The van der Waals surface area contributed by atoms with E-state index in [1.807, 2.05) is 0 Å². The zero-order valence-corrected chi connectivity index (χ0v) is 8.27. The van der Waals surface area contributed by atoms with Gasteiger partial charge in [0.05, 0.1) is 4.92 Å². The first-order valence-electron chi connectivity index (χ1n) is 3.74. The highest BCUT2D eigenvalue weighted by Crippen LogP contribution is 2.22. The van der Waals surface area contributed by atoms with Crippen LogP contribution in [0.1, 0.15) is 5.56 Å². The molecule has 6 nitrogen and oxygen atoms in total. The molecule has 0 heterocycles. The SMILES string of the molecule is C=Cc1ccc([N+](=O)[O-])cc1S(=O)(=O)O. The first-order chi connectivity index (χ1) is 6.86. The largest absolute Gasteiger partial charge is 0.295 e.